The predicted molar refractivity (Wildman–Crippen MR) is 81.6 cm³/mol. The number of amides is 2. The molecular formula is C17H28N2O2. The molecule has 1 heterocycles. The third-order valence-electron chi connectivity index (χ3n) is 5.76. The lowest BCUT2D eigenvalue weighted by Crippen LogP contribution is -2.73. The highest BCUT2D eigenvalue weighted by Crippen LogP contribution is 2.46. The van der Waals surface area contributed by atoms with Crippen molar-refractivity contribution in [1.82, 2.24) is 10.2 Å². The Bertz CT molecular complexity index is 438. The van der Waals surface area contributed by atoms with E-state index in [1.54, 1.807) is 0 Å². The summed E-state index contributed by atoms with van der Waals surface area (Å²) in [7, 11) is 0. The second-order valence-corrected chi connectivity index (χ2v) is 7.57. The third-order valence-corrected chi connectivity index (χ3v) is 5.76. The van der Waals surface area contributed by atoms with Crippen LogP contribution in [-0.4, -0.2) is 34.3 Å². The summed E-state index contributed by atoms with van der Waals surface area (Å²) in [4.78, 5) is 27.8. The highest BCUT2D eigenvalue weighted by Gasteiger charge is 2.58. The van der Waals surface area contributed by atoms with E-state index < -0.39 is 5.54 Å². The Kier molecular flexibility index (Phi) is 3.74. The fraction of sp³-hybridized carbons (Fsp3) is 0.882. The van der Waals surface area contributed by atoms with Crippen molar-refractivity contribution in [3.8, 4) is 0 Å². The van der Waals surface area contributed by atoms with Crippen LogP contribution in [0.4, 0.5) is 0 Å². The van der Waals surface area contributed by atoms with Crippen molar-refractivity contribution >= 4 is 11.8 Å². The van der Waals surface area contributed by atoms with Gasteiger partial charge < -0.3 is 10.2 Å². The molecule has 0 radical (unpaired) electrons. The van der Waals surface area contributed by atoms with E-state index in [4.69, 9.17) is 0 Å². The summed E-state index contributed by atoms with van der Waals surface area (Å²) in [6.07, 6.45) is 7.91. The van der Waals surface area contributed by atoms with Crippen LogP contribution in [0.5, 0.6) is 0 Å². The van der Waals surface area contributed by atoms with Gasteiger partial charge in [0.25, 0.3) is 0 Å². The minimum absolute atomic E-state index is 0.0777. The van der Waals surface area contributed by atoms with E-state index in [2.05, 4.69) is 5.32 Å². The number of carbonyl (C=O) groups excluding carboxylic acids is 2. The van der Waals surface area contributed by atoms with Crippen molar-refractivity contribution in [2.75, 3.05) is 0 Å². The quantitative estimate of drug-likeness (QED) is 0.868. The van der Waals surface area contributed by atoms with Gasteiger partial charge in [0, 0.05) is 6.04 Å². The highest BCUT2D eigenvalue weighted by molar-refractivity contribution is 6.00. The molecule has 4 heteroatoms. The summed E-state index contributed by atoms with van der Waals surface area (Å²) in [6, 6.07) is -0.202. The Balaban J connectivity index is 1.87. The number of hydrogen-bond acceptors (Lipinski definition) is 2. The predicted octanol–water partition coefficient (Wildman–Crippen LogP) is 2.47. The Morgan fingerprint density at radius 1 is 1.10 bits per heavy atom. The van der Waals surface area contributed by atoms with Gasteiger partial charge in [0.15, 0.2) is 0 Å². The number of piperazine rings is 1. The number of rotatable bonds is 3. The summed E-state index contributed by atoms with van der Waals surface area (Å²) in [5.74, 6) is 0.913. The van der Waals surface area contributed by atoms with E-state index >= 15 is 0 Å². The van der Waals surface area contributed by atoms with Gasteiger partial charge in [-0.1, -0.05) is 19.3 Å². The summed E-state index contributed by atoms with van der Waals surface area (Å²) in [6.45, 7) is 6.04. The number of carbonyl (C=O) groups is 2. The van der Waals surface area contributed by atoms with Gasteiger partial charge in [-0.05, 0) is 58.3 Å². The topological polar surface area (TPSA) is 49.4 Å². The first kappa shape index (κ1) is 14.9. The molecule has 1 N–H and O–H groups in total. The van der Waals surface area contributed by atoms with E-state index in [0.717, 1.165) is 25.7 Å². The lowest BCUT2D eigenvalue weighted by atomic mass is 9.79. The number of nitrogens with one attached hydrogen (secondary N) is 1. The molecule has 2 unspecified atom stereocenters. The van der Waals surface area contributed by atoms with E-state index in [1.807, 2.05) is 25.7 Å². The van der Waals surface area contributed by atoms with Crippen LogP contribution in [0.15, 0.2) is 0 Å². The van der Waals surface area contributed by atoms with Gasteiger partial charge in [-0.15, -0.1) is 0 Å². The van der Waals surface area contributed by atoms with Gasteiger partial charge in [-0.25, -0.2) is 0 Å². The maximum atomic E-state index is 13.1. The molecule has 21 heavy (non-hydrogen) atoms. The van der Waals surface area contributed by atoms with Crippen LogP contribution >= 0.6 is 0 Å². The molecule has 1 aliphatic heterocycles. The van der Waals surface area contributed by atoms with Gasteiger partial charge in [0.05, 0.1) is 0 Å². The number of nitrogens with zero attached hydrogens (tertiary/aromatic N) is 1. The van der Waals surface area contributed by atoms with Crippen molar-refractivity contribution in [2.45, 2.75) is 83.3 Å². The standard InChI is InChI=1S/C17H28N2O2/c1-11(2)19-15(20)14(12-7-5-4-6-8-12)18-16(21)17(19,3)13-9-10-13/h11-14H,4-10H2,1-3H3,(H,18,21). The van der Waals surface area contributed by atoms with Crippen LogP contribution in [0.1, 0.15) is 65.7 Å². The Morgan fingerprint density at radius 3 is 2.24 bits per heavy atom. The van der Waals surface area contributed by atoms with E-state index in [1.165, 1.54) is 19.3 Å². The average molecular weight is 292 g/mol. The maximum Gasteiger partial charge on any atom is 0.246 e. The molecule has 0 aromatic heterocycles. The first-order valence-electron chi connectivity index (χ1n) is 8.60. The molecule has 0 spiro atoms. The summed E-state index contributed by atoms with van der Waals surface area (Å²) < 4.78 is 0. The zero-order chi connectivity index (χ0) is 15.2. The molecule has 1 saturated heterocycles. The smallest absolute Gasteiger partial charge is 0.246 e. The minimum Gasteiger partial charge on any atom is -0.342 e. The van der Waals surface area contributed by atoms with Crippen LogP contribution in [0.3, 0.4) is 0 Å². The molecule has 3 fully saturated rings. The van der Waals surface area contributed by atoms with Crippen molar-refractivity contribution in [3.63, 3.8) is 0 Å². The summed E-state index contributed by atoms with van der Waals surface area (Å²) >= 11 is 0. The van der Waals surface area contributed by atoms with Gasteiger partial charge in [0.2, 0.25) is 11.8 Å². The monoisotopic (exact) mass is 292 g/mol. The van der Waals surface area contributed by atoms with Gasteiger partial charge in [-0.2, -0.15) is 0 Å². The fourth-order valence-electron chi connectivity index (χ4n) is 4.44. The van der Waals surface area contributed by atoms with Crippen LogP contribution in [0.2, 0.25) is 0 Å². The zero-order valence-corrected chi connectivity index (χ0v) is 13.5. The molecule has 4 nitrogen and oxygen atoms in total. The second kappa shape index (κ2) is 5.29. The molecule has 2 saturated carbocycles. The SMILES string of the molecule is CC(C)N1C(=O)C(C2CCCCC2)NC(=O)C1(C)C1CC1. The summed E-state index contributed by atoms with van der Waals surface area (Å²) in [5, 5.41) is 3.10. The van der Waals surface area contributed by atoms with Crippen LogP contribution < -0.4 is 5.32 Å². The second-order valence-electron chi connectivity index (χ2n) is 7.57. The van der Waals surface area contributed by atoms with Gasteiger partial charge in [0.1, 0.15) is 11.6 Å². The fourth-order valence-corrected chi connectivity index (χ4v) is 4.44. The first-order chi connectivity index (χ1) is 9.96. The van der Waals surface area contributed by atoms with E-state index in [9.17, 15) is 9.59 Å². The van der Waals surface area contributed by atoms with E-state index in [0.29, 0.717) is 11.8 Å². The van der Waals surface area contributed by atoms with Crippen LogP contribution in [0.25, 0.3) is 0 Å². The van der Waals surface area contributed by atoms with Crippen molar-refractivity contribution in [2.24, 2.45) is 11.8 Å². The van der Waals surface area contributed by atoms with Gasteiger partial charge in [-0.3, -0.25) is 9.59 Å². The van der Waals surface area contributed by atoms with Gasteiger partial charge >= 0.3 is 0 Å². The molecule has 3 aliphatic rings. The third kappa shape index (κ3) is 2.36. The largest absolute Gasteiger partial charge is 0.342 e. The number of hydrogen-bond donors (Lipinski definition) is 1. The molecule has 2 amide bonds. The lowest BCUT2D eigenvalue weighted by Gasteiger charge is -2.50. The highest BCUT2D eigenvalue weighted by atomic mass is 16.2. The zero-order valence-electron chi connectivity index (χ0n) is 13.5. The molecule has 3 rings (SSSR count). The normalized spacial score (nSPS) is 35.2. The molecule has 0 bridgehead atoms. The summed E-state index contributed by atoms with van der Waals surface area (Å²) in [5.41, 5.74) is -0.629. The van der Waals surface area contributed by atoms with Crippen LogP contribution in [-0.2, 0) is 9.59 Å². The van der Waals surface area contributed by atoms with Crippen molar-refractivity contribution in [1.29, 1.82) is 0 Å². The Labute approximate surface area is 127 Å². The van der Waals surface area contributed by atoms with Crippen LogP contribution in [0, 0.1) is 11.8 Å². The first-order valence-corrected chi connectivity index (χ1v) is 8.60. The molecule has 0 aromatic carbocycles. The molecular weight excluding hydrogens is 264 g/mol. The maximum absolute atomic E-state index is 13.1. The molecule has 2 atom stereocenters. The van der Waals surface area contributed by atoms with Crippen molar-refractivity contribution in [3.05, 3.63) is 0 Å². The minimum atomic E-state index is -0.629. The molecule has 0 aromatic rings. The lowest BCUT2D eigenvalue weighted by molar-refractivity contribution is -0.162. The Morgan fingerprint density at radius 2 is 1.71 bits per heavy atom. The average Bonchev–Trinajstić information content (AvgIpc) is 3.28. The molecule has 118 valence electrons. The van der Waals surface area contributed by atoms with Crippen molar-refractivity contribution < 1.29 is 9.59 Å². The Hall–Kier alpha value is -1.06. The van der Waals surface area contributed by atoms with E-state index in [-0.39, 0.29) is 23.9 Å². The molecule has 2 aliphatic carbocycles.